The highest BCUT2D eigenvalue weighted by Gasteiger charge is 2.19. The van der Waals surface area contributed by atoms with Crippen LogP contribution in [0.25, 0.3) is 22.3 Å². The Labute approximate surface area is 155 Å². The van der Waals surface area contributed by atoms with Gasteiger partial charge in [-0.3, -0.25) is 14.9 Å². The monoisotopic (exact) mass is 364 g/mol. The summed E-state index contributed by atoms with van der Waals surface area (Å²) in [4.78, 5) is 23.2. The van der Waals surface area contributed by atoms with Crippen LogP contribution in [-0.4, -0.2) is 10.0 Å². The summed E-state index contributed by atoms with van der Waals surface area (Å²) in [5.74, 6) is 0. The highest BCUT2D eigenvalue weighted by Crippen LogP contribution is 2.38. The zero-order valence-electron chi connectivity index (χ0n) is 14.0. The Kier molecular flexibility index (Phi) is 5.04. The average Bonchev–Trinajstić information content (AvgIpc) is 2.62. The standard InChI is InChI=1S/C20H16N2O3S/c1-13(23)26-16-9-7-15(8-10-16)18-11-19(21)17(12-20(18)22(24)25)14-5-3-2-4-6-14/h2-12H,21H2,1H3. The summed E-state index contributed by atoms with van der Waals surface area (Å²) >= 11 is 1.12. The Morgan fingerprint density at radius 2 is 1.58 bits per heavy atom. The highest BCUT2D eigenvalue weighted by atomic mass is 32.2. The van der Waals surface area contributed by atoms with Crippen LogP contribution in [0, 0.1) is 10.1 Å². The van der Waals surface area contributed by atoms with Gasteiger partial charge in [0.25, 0.3) is 5.69 Å². The van der Waals surface area contributed by atoms with Gasteiger partial charge in [-0.1, -0.05) is 54.2 Å². The number of nitrogen functional groups attached to an aromatic ring is 1. The minimum atomic E-state index is -0.403. The van der Waals surface area contributed by atoms with Crippen molar-refractivity contribution in [2.75, 3.05) is 5.73 Å². The van der Waals surface area contributed by atoms with E-state index in [1.165, 1.54) is 13.0 Å². The molecule has 2 N–H and O–H groups in total. The number of benzene rings is 3. The molecule has 0 radical (unpaired) electrons. The molecular weight excluding hydrogens is 348 g/mol. The van der Waals surface area contributed by atoms with E-state index in [0.29, 0.717) is 22.4 Å². The molecule has 0 atom stereocenters. The minimum absolute atomic E-state index is 0.00924. The summed E-state index contributed by atoms with van der Waals surface area (Å²) in [6.45, 7) is 1.49. The van der Waals surface area contributed by atoms with Crippen LogP contribution < -0.4 is 5.73 Å². The van der Waals surface area contributed by atoms with Crippen molar-refractivity contribution in [3.05, 3.63) is 76.8 Å². The van der Waals surface area contributed by atoms with Crippen molar-refractivity contribution in [3.8, 4) is 22.3 Å². The molecule has 6 heteroatoms. The number of carbonyl (C=O) groups excluding carboxylic acids is 1. The number of hydrogen-bond donors (Lipinski definition) is 1. The first-order valence-corrected chi connectivity index (χ1v) is 8.69. The van der Waals surface area contributed by atoms with Gasteiger partial charge in [0.15, 0.2) is 5.12 Å². The lowest BCUT2D eigenvalue weighted by atomic mass is 9.96. The fraction of sp³-hybridized carbons (Fsp3) is 0.0500. The molecule has 0 heterocycles. The third-order valence-corrected chi connectivity index (χ3v) is 4.67. The van der Waals surface area contributed by atoms with E-state index in [0.717, 1.165) is 22.2 Å². The van der Waals surface area contributed by atoms with Gasteiger partial charge < -0.3 is 5.73 Å². The molecule has 0 bridgehead atoms. The predicted octanol–water partition coefficient (Wildman–Crippen LogP) is 5.15. The molecule has 3 aromatic rings. The smallest absolute Gasteiger partial charge is 0.277 e. The fourth-order valence-electron chi connectivity index (χ4n) is 2.72. The molecule has 0 saturated carbocycles. The predicted molar refractivity (Wildman–Crippen MR) is 105 cm³/mol. The lowest BCUT2D eigenvalue weighted by Crippen LogP contribution is -1.97. The minimum Gasteiger partial charge on any atom is -0.398 e. The number of carbonyl (C=O) groups is 1. The van der Waals surface area contributed by atoms with Crippen LogP contribution in [0.5, 0.6) is 0 Å². The number of nitrogens with zero attached hydrogens (tertiary/aromatic N) is 1. The molecule has 0 spiro atoms. The van der Waals surface area contributed by atoms with Gasteiger partial charge in [0, 0.05) is 29.1 Å². The molecule has 0 fully saturated rings. The van der Waals surface area contributed by atoms with Gasteiger partial charge in [0.1, 0.15) is 0 Å². The van der Waals surface area contributed by atoms with Crippen molar-refractivity contribution in [1.82, 2.24) is 0 Å². The maximum atomic E-state index is 11.6. The second-order valence-electron chi connectivity index (χ2n) is 5.70. The average molecular weight is 364 g/mol. The molecule has 3 rings (SSSR count). The molecule has 130 valence electrons. The van der Waals surface area contributed by atoms with Gasteiger partial charge >= 0.3 is 0 Å². The SMILES string of the molecule is CC(=O)Sc1ccc(-c2cc(N)c(-c3ccccc3)cc2[N+](=O)[O-])cc1. The Morgan fingerprint density at radius 1 is 0.962 bits per heavy atom. The lowest BCUT2D eigenvalue weighted by Gasteiger charge is -2.10. The van der Waals surface area contributed by atoms with Gasteiger partial charge in [-0.05, 0) is 29.3 Å². The van der Waals surface area contributed by atoms with E-state index in [-0.39, 0.29) is 10.8 Å². The third kappa shape index (κ3) is 3.75. The van der Waals surface area contributed by atoms with Crippen molar-refractivity contribution in [2.24, 2.45) is 0 Å². The van der Waals surface area contributed by atoms with E-state index in [1.54, 1.807) is 30.3 Å². The molecule has 5 nitrogen and oxygen atoms in total. The third-order valence-electron chi connectivity index (χ3n) is 3.88. The summed E-state index contributed by atoms with van der Waals surface area (Å²) in [7, 11) is 0. The molecule has 0 aliphatic carbocycles. The van der Waals surface area contributed by atoms with Crippen LogP contribution in [0.2, 0.25) is 0 Å². The van der Waals surface area contributed by atoms with Gasteiger partial charge in [0.05, 0.1) is 10.5 Å². The first-order chi connectivity index (χ1) is 12.5. The molecule has 0 saturated heterocycles. The summed E-state index contributed by atoms with van der Waals surface area (Å²) in [5.41, 5.74) is 9.23. The van der Waals surface area contributed by atoms with Gasteiger partial charge in [0.2, 0.25) is 0 Å². The second kappa shape index (κ2) is 7.41. The first kappa shape index (κ1) is 17.7. The molecule has 0 amide bonds. The number of thioether (sulfide) groups is 1. The van der Waals surface area contributed by atoms with Crippen molar-refractivity contribution < 1.29 is 9.72 Å². The number of nitro benzene ring substituents is 1. The quantitative estimate of drug-likeness (QED) is 0.299. The summed E-state index contributed by atoms with van der Waals surface area (Å²) < 4.78 is 0. The zero-order valence-corrected chi connectivity index (χ0v) is 14.8. The Balaban J connectivity index is 2.08. The lowest BCUT2D eigenvalue weighted by molar-refractivity contribution is -0.384. The molecule has 0 aliphatic rings. The Hall–Kier alpha value is -3.12. The van der Waals surface area contributed by atoms with Gasteiger partial charge in [-0.15, -0.1) is 0 Å². The van der Waals surface area contributed by atoms with E-state index in [4.69, 9.17) is 5.73 Å². The second-order valence-corrected chi connectivity index (χ2v) is 6.95. The number of nitrogens with two attached hydrogens (primary N) is 1. The number of rotatable bonds is 4. The fourth-order valence-corrected chi connectivity index (χ4v) is 3.33. The summed E-state index contributed by atoms with van der Waals surface area (Å²) in [6, 6.07) is 19.5. The van der Waals surface area contributed by atoms with Crippen molar-refractivity contribution in [2.45, 2.75) is 11.8 Å². The molecule has 0 unspecified atom stereocenters. The van der Waals surface area contributed by atoms with Crippen molar-refractivity contribution in [3.63, 3.8) is 0 Å². The molecular formula is C20H16N2O3S. The zero-order chi connectivity index (χ0) is 18.7. The number of anilines is 1. The normalized spacial score (nSPS) is 10.5. The Bertz CT molecular complexity index is 970. The number of hydrogen-bond acceptors (Lipinski definition) is 5. The van der Waals surface area contributed by atoms with E-state index in [1.807, 2.05) is 30.3 Å². The molecule has 0 aliphatic heterocycles. The van der Waals surface area contributed by atoms with Gasteiger partial charge in [-0.25, -0.2) is 0 Å². The van der Waals surface area contributed by atoms with E-state index < -0.39 is 4.92 Å². The molecule has 3 aromatic carbocycles. The van der Waals surface area contributed by atoms with Gasteiger partial charge in [-0.2, -0.15) is 0 Å². The Morgan fingerprint density at radius 3 is 2.15 bits per heavy atom. The first-order valence-electron chi connectivity index (χ1n) is 7.88. The van der Waals surface area contributed by atoms with Crippen LogP contribution in [0.15, 0.2) is 71.6 Å². The van der Waals surface area contributed by atoms with Crippen molar-refractivity contribution >= 4 is 28.3 Å². The number of nitro groups is 1. The molecule has 0 aromatic heterocycles. The maximum Gasteiger partial charge on any atom is 0.277 e. The van der Waals surface area contributed by atoms with Crippen LogP contribution in [0.1, 0.15) is 6.92 Å². The summed E-state index contributed by atoms with van der Waals surface area (Å²) in [6.07, 6.45) is 0. The van der Waals surface area contributed by atoms with Crippen LogP contribution >= 0.6 is 11.8 Å². The maximum absolute atomic E-state index is 11.6. The van der Waals surface area contributed by atoms with Crippen LogP contribution in [-0.2, 0) is 4.79 Å². The van der Waals surface area contributed by atoms with Crippen LogP contribution in [0.3, 0.4) is 0 Å². The summed E-state index contributed by atoms with van der Waals surface area (Å²) in [5, 5.41) is 11.6. The van der Waals surface area contributed by atoms with E-state index in [9.17, 15) is 14.9 Å². The largest absolute Gasteiger partial charge is 0.398 e. The van der Waals surface area contributed by atoms with Crippen molar-refractivity contribution in [1.29, 1.82) is 0 Å². The topological polar surface area (TPSA) is 86.2 Å². The molecule has 26 heavy (non-hydrogen) atoms. The van der Waals surface area contributed by atoms with E-state index in [2.05, 4.69) is 0 Å². The van der Waals surface area contributed by atoms with Crippen LogP contribution in [0.4, 0.5) is 11.4 Å². The van der Waals surface area contributed by atoms with E-state index >= 15 is 0 Å². The highest BCUT2D eigenvalue weighted by molar-refractivity contribution is 8.13.